The van der Waals surface area contributed by atoms with Gasteiger partial charge in [-0.1, -0.05) is 6.92 Å². The highest BCUT2D eigenvalue weighted by atomic mass is 35.5. The number of carbonyl (C=O) groups excluding carboxylic acids is 2. The van der Waals surface area contributed by atoms with E-state index >= 15 is 0 Å². The number of amides is 2. The smallest absolute Gasteiger partial charge is 0.249 e. The fourth-order valence-corrected chi connectivity index (χ4v) is 2.77. The minimum Gasteiger partial charge on any atom is -0.340 e. The summed E-state index contributed by atoms with van der Waals surface area (Å²) in [6, 6.07) is -0.729. The topological polar surface area (TPSA) is 67.2 Å². The average molecular weight is 327 g/mol. The summed E-state index contributed by atoms with van der Waals surface area (Å²) >= 11 is 5.82. The molecule has 7 heteroatoms. The highest BCUT2D eigenvalue weighted by Crippen LogP contribution is 2.21. The van der Waals surface area contributed by atoms with Crippen molar-refractivity contribution < 1.29 is 9.59 Å². The third-order valence-corrected chi connectivity index (χ3v) is 4.12. The number of hydrogen-bond acceptors (Lipinski definition) is 3. The molecule has 0 radical (unpaired) electrons. The molecule has 0 spiro atoms. The van der Waals surface area contributed by atoms with Crippen LogP contribution in [0.25, 0.3) is 0 Å². The molecule has 22 heavy (non-hydrogen) atoms. The molecule has 2 rings (SSSR count). The number of alkyl halides is 1. The van der Waals surface area contributed by atoms with E-state index in [0.717, 1.165) is 25.9 Å². The molecule has 2 amide bonds. The Morgan fingerprint density at radius 3 is 2.77 bits per heavy atom. The fourth-order valence-electron chi connectivity index (χ4n) is 2.71. The standard InChI is InChI=1S/C15H23ClN4O2/c1-10-5-4-6-20(8-10)15(22)13(18-14(21)11(2)16)12-7-17-19(3)9-12/h7,9-11,13H,4-6,8H2,1-3H3,(H,18,21). The van der Waals surface area contributed by atoms with Crippen molar-refractivity contribution in [3.8, 4) is 0 Å². The molecule has 0 aliphatic carbocycles. The van der Waals surface area contributed by atoms with Gasteiger partial charge in [-0.3, -0.25) is 14.3 Å². The summed E-state index contributed by atoms with van der Waals surface area (Å²) in [5, 5.41) is 6.15. The largest absolute Gasteiger partial charge is 0.340 e. The Kier molecular flexibility index (Phi) is 5.45. The third-order valence-electron chi connectivity index (χ3n) is 3.92. The van der Waals surface area contributed by atoms with Crippen LogP contribution in [0.5, 0.6) is 0 Å². The fraction of sp³-hybridized carbons (Fsp3) is 0.667. The van der Waals surface area contributed by atoms with Crippen LogP contribution in [-0.4, -0.2) is 45.0 Å². The summed E-state index contributed by atoms with van der Waals surface area (Å²) in [7, 11) is 1.78. The van der Waals surface area contributed by atoms with Gasteiger partial charge >= 0.3 is 0 Å². The van der Waals surface area contributed by atoms with Crippen molar-refractivity contribution in [2.24, 2.45) is 13.0 Å². The average Bonchev–Trinajstić information content (AvgIpc) is 2.90. The van der Waals surface area contributed by atoms with Gasteiger partial charge < -0.3 is 10.2 Å². The van der Waals surface area contributed by atoms with E-state index < -0.39 is 11.4 Å². The molecule has 2 heterocycles. The lowest BCUT2D eigenvalue weighted by Gasteiger charge is -2.33. The Morgan fingerprint density at radius 1 is 1.50 bits per heavy atom. The Labute approximate surface area is 135 Å². The van der Waals surface area contributed by atoms with Crippen molar-refractivity contribution in [3.05, 3.63) is 18.0 Å². The van der Waals surface area contributed by atoms with Gasteiger partial charge in [0.05, 0.1) is 6.20 Å². The van der Waals surface area contributed by atoms with Crippen LogP contribution in [0.4, 0.5) is 0 Å². The molecule has 1 aromatic heterocycles. The van der Waals surface area contributed by atoms with Crippen LogP contribution in [-0.2, 0) is 16.6 Å². The van der Waals surface area contributed by atoms with Gasteiger partial charge in [0.2, 0.25) is 11.8 Å². The second kappa shape index (κ2) is 7.13. The quantitative estimate of drug-likeness (QED) is 0.852. The number of carbonyl (C=O) groups is 2. The van der Waals surface area contributed by atoms with Gasteiger partial charge in [0.25, 0.3) is 0 Å². The van der Waals surface area contributed by atoms with Crippen LogP contribution in [0, 0.1) is 5.92 Å². The molecule has 3 unspecified atom stereocenters. The molecule has 0 saturated carbocycles. The molecule has 0 bridgehead atoms. The molecule has 1 saturated heterocycles. The number of hydrogen-bond donors (Lipinski definition) is 1. The number of nitrogens with zero attached hydrogens (tertiary/aromatic N) is 3. The summed E-state index contributed by atoms with van der Waals surface area (Å²) in [5.41, 5.74) is 0.677. The molecule has 1 aliphatic heterocycles. The van der Waals surface area contributed by atoms with Crippen LogP contribution in [0.2, 0.25) is 0 Å². The summed E-state index contributed by atoms with van der Waals surface area (Å²) < 4.78 is 1.62. The number of aromatic nitrogens is 2. The first-order valence-corrected chi connectivity index (χ1v) is 8.04. The maximum Gasteiger partial charge on any atom is 0.249 e. The van der Waals surface area contributed by atoms with Gasteiger partial charge in [-0.2, -0.15) is 5.10 Å². The molecule has 1 aromatic rings. The second-order valence-corrected chi connectivity index (χ2v) is 6.69. The summed E-state index contributed by atoms with van der Waals surface area (Å²) in [6.45, 7) is 5.18. The SMILES string of the molecule is CC1CCCN(C(=O)C(NC(=O)C(C)Cl)c2cnn(C)c2)C1. The van der Waals surface area contributed by atoms with Gasteiger partial charge in [-0.25, -0.2) is 0 Å². The van der Waals surface area contributed by atoms with Crippen LogP contribution >= 0.6 is 11.6 Å². The Balaban J connectivity index is 2.19. The van der Waals surface area contributed by atoms with Gasteiger partial charge in [0.1, 0.15) is 11.4 Å². The van der Waals surface area contributed by atoms with Gasteiger partial charge in [-0.15, -0.1) is 11.6 Å². The van der Waals surface area contributed by atoms with Gasteiger partial charge in [0, 0.05) is 31.9 Å². The van der Waals surface area contributed by atoms with E-state index in [-0.39, 0.29) is 11.8 Å². The predicted octanol–water partition coefficient (Wildman–Crippen LogP) is 1.46. The van der Waals surface area contributed by atoms with Gasteiger partial charge in [0.15, 0.2) is 0 Å². The van der Waals surface area contributed by atoms with Crippen molar-refractivity contribution in [2.75, 3.05) is 13.1 Å². The van der Waals surface area contributed by atoms with Gasteiger partial charge in [-0.05, 0) is 25.7 Å². The lowest BCUT2D eigenvalue weighted by atomic mass is 9.99. The zero-order valence-electron chi connectivity index (χ0n) is 13.3. The Hall–Kier alpha value is -1.56. The number of halogens is 1. The van der Waals surface area contributed by atoms with Crippen LogP contribution < -0.4 is 5.32 Å². The van der Waals surface area contributed by atoms with Crippen LogP contribution in [0.15, 0.2) is 12.4 Å². The van der Waals surface area contributed by atoms with Crippen molar-refractivity contribution in [3.63, 3.8) is 0 Å². The van der Waals surface area contributed by atoms with E-state index in [9.17, 15) is 9.59 Å². The first kappa shape index (κ1) is 16.8. The highest BCUT2D eigenvalue weighted by Gasteiger charge is 2.31. The van der Waals surface area contributed by atoms with Crippen molar-refractivity contribution >= 4 is 23.4 Å². The minimum absolute atomic E-state index is 0.0924. The first-order valence-electron chi connectivity index (χ1n) is 7.60. The summed E-state index contributed by atoms with van der Waals surface area (Å²) in [4.78, 5) is 26.6. The van der Waals surface area contributed by atoms with E-state index in [0.29, 0.717) is 11.5 Å². The molecular formula is C15H23ClN4O2. The molecule has 1 fully saturated rings. The van der Waals surface area contributed by atoms with E-state index in [1.165, 1.54) is 0 Å². The lowest BCUT2D eigenvalue weighted by Crippen LogP contribution is -2.47. The maximum absolute atomic E-state index is 12.8. The molecule has 0 aromatic carbocycles. The summed E-state index contributed by atoms with van der Waals surface area (Å²) in [6.07, 6.45) is 5.48. The minimum atomic E-state index is -0.729. The van der Waals surface area contributed by atoms with Crippen LogP contribution in [0.1, 0.15) is 38.3 Å². The monoisotopic (exact) mass is 326 g/mol. The number of rotatable bonds is 4. The second-order valence-electron chi connectivity index (χ2n) is 6.04. The molecular weight excluding hydrogens is 304 g/mol. The van der Waals surface area contributed by atoms with Crippen LogP contribution in [0.3, 0.4) is 0 Å². The third kappa shape index (κ3) is 4.00. The Bertz CT molecular complexity index is 543. The van der Waals surface area contributed by atoms with Crippen molar-refractivity contribution in [1.29, 1.82) is 0 Å². The van der Waals surface area contributed by atoms with E-state index in [1.54, 1.807) is 31.0 Å². The number of nitrogens with one attached hydrogen (secondary N) is 1. The zero-order valence-corrected chi connectivity index (χ0v) is 14.0. The van der Waals surface area contributed by atoms with E-state index in [4.69, 9.17) is 11.6 Å². The zero-order chi connectivity index (χ0) is 16.3. The molecule has 1 N–H and O–H groups in total. The van der Waals surface area contributed by atoms with Crippen molar-refractivity contribution in [1.82, 2.24) is 20.0 Å². The highest BCUT2D eigenvalue weighted by molar-refractivity contribution is 6.30. The first-order chi connectivity index (χ1) is 10.4. The molecule has 1 aliphatic rings. The normalized spacial score (nSPS) is 21.3. The van der Waals surface area contributed by atoms with E-state index in [2.05, 4.69) is 17.3 Å². The van der Waals surface area contributed by atoms with Crippen molar-refractivity contribution in [2.45, 2.75) is 38.1 Å². The molecule has 6 nitrogen and oxygen atoms in total. The Morgan fingerprint density at radius 2 is 2.23 bits per heavy atom. The lowest BCUT2D eigenvalue weighted by molar-refractivity contribution is -0.138. The number of likely N-dealkylation sites (tertiary alicyclic amines) is 1. The number of aryl methyl sites for hydroxylation is 1. The molecule has 122 valence electrons. The van der Waals surface area contributed by atoms with E-state index in [1.807, 2.05) is 4.90 Å². The number of piperidine rings is 1. The summed E-state index contributed by atoms with van der Waals surface area (Å²) in [5.74, 6) is 0.0362. The maximum atomic E-state index is 12.8. The molecule has 3 atom stereocenters. The predicted molar refractivity (Wildman–Crippen MR) is 84.4 cm³/mol.